The SMILES string of the molecule is CCC1CCC(NC)C(CN(C)CC2CC3CCC2C3)C1. The molecule has 0 radical (unpaired) electrons. The summed E-state index contributed by atoms with van der Waals surface area (Å²) in [5.74, 6) is 5.05. The van der Waals surface area contributed by atoms with E-state index in [0.29, 0.717) is 0 Å². The molecule has 0 saturated heterocycles. The second kappa shape index (κ2) is 7.00. The summed E-state index contributed by atoms with van der Waals surface area (Å²) >= 11 is 0. The van der Waals surface area contributed by atoms with E-state index < -0.39 is 0 Å². The van der Waals surface area contributed by atoms with Gasteiger partial charge in [-0.15, -0.1) is 0 Å². The number of fused-ring (bicyclic) bond motifs is 2. The summed E-state index contributed by atoms with van der Waals surface area (Å²) < 4.78 is 0. The molecule has 2 heteroatoms. The maximum absolute atomic E-state index is 3.60. The van der Waals surface area contributed by atoms with Crippen LogP contribution in [0.1, 0.15) is 58.3 Å². The molecular weight excluding hydrogens is 256 g/mol. The van der Waals surface area contributed by atoms with Gasteiger partial charge in [-0.05, 0) is 82.2 Å². The van der Waals surface area contributed by atoms with Gasteiger partial charge in [-0.3, -0.25) is 0 Å². The van der Waals surface area contributed by atoms with Crippen LogP contribution in [0.15, 0.2) is 0 Å². The molecule has 21 heavy (non-hydrogen) atoms. The average molecular weight is 293 g/mol. The molecule has 2 bridgehead atoms. The highest BCUT2D eigenvalue weighted by Crippen LogP contribution is 2.48. The molecule has 0 aromatic rings. The highest BCUT2D eigenvalue weighted by Gasteiger charge is 2.40. The van der Waals surface area contributed by atoms with Crippen molar-refractivity contribution in [2.24, 2.45) is 29.6 Å². The number of hydrogen-bond acceptors (Lipinski definition) is 2. The molecule has 0 aromatic heterocycles. The molecule has 3 saturated carbocycles. The normalized spacial score (nSPS) is 42.9. The molecule has 0 spiro atoms. The molecule has 0 heterocycles. The summed E-state index contributed by atoms with van der Waals surface area (Å²) in [6.45, 7) is 5.06. The number of hydrogen-bond donors (Lipinski definition) is 1. The van der Waals surface area contributed by atoms with Gasteiger partial charge in [-0.1, -0.05) is 19.8 Å². The molecule has 0 amide bonds. The maximum Gasteiger partial charge on any atom is 0.0105 e. The predicted molar refractivity (Wildman–Crippen MR) is 90.4 cm³/mol. The fraction of sp³-hybridized carbons (Fsp3) is 1.00. The Morgan fingerprint density at radius 2 is 1.76 bits per heavy atom. The van der Waals surface area contributed by atoms with Crippen LogP contribution < -0.4 is 5.32 Å². The minimum absolute atomic E-state index is 0.760. The van der Waals surface area contributed by atoms with Gasteiger partial charge in [0, 0.05) is 19.1 Å². The smallest absolute Gasteiger partial charge is 0.0105 e. The maximum atomic E-state index is 3.60. The first-order chi connectivity index (χ1) is 10.2. The standard InChI is InChI=1S/C19H36N2/c1-4-14-6-8-19(20-2)18(9-14)13-21(3)12-17-11-15-5-7-16(17)10-15/h14-20H,4-13H2,1-3H3. The van der Waals surface area contributed by atoms with Gasteiger partial charge in [-0.25, -0.2) is 0 Å². The monoisotopic (exact) mass is 292 g/mol. The second-order valence-electron chi connectivity index (χ2n) is 8.40. The first kappa shape index (κ1) is 15.8. The second-order valence-corrected chi connectivity index (χ2v) is 8.40. The van der Waals surface area contributed by atoms with Crippen molar-refractivity contribution in [3.05, 3.63) is 0 Å². The average Bonchev–Trinajstić information content (AvgIpc) is 3.09. The van der Waals surface area contributed by atoms with Crippen LogP contribution in [-0.4, -0.2) is 38.1 Å². The molecule has 6 unspecified atom stereocenters. The van der Waals surface area contributed by atoms with Crippen LogP contribution in [0.4, 0.5) is 0 Å². The Labute approximate surface area is 132 Å². The van der Waals surface area contributed by atoms with E-state index in [0.717, 1.165) is 35.6 Å². The van der Waals surface area contributed by atoms with Crippen molar-refractivity contribution >= 4 is 0 Å². The van der Waals surface area contributed by atoms with Gasteiger partial charge in [0.25, 0.3) is 0 Å². The van der Waals surface area contributed by atoms with Crippen LogP contribution in [0.25, 0.3) is 0 Å². The van der Waals surface area contributed by atoms with Crippen molar-refractivity contribution in [3.8, 4) is 0 Å². The van der Waals surface area contributed by atoms with Gasteiger partial charge < -0.3 is 10.2 Å². The van der Waals surface area contributed by atoms with Gasteiger partial charge in [0.1, 0.15) is 0 Å². The Morgan fingerprint density at radius 3 is 2.38 bits per heavy atom. The lowest BCUT2D eigenvalue weighted by molar-refractivity contribution is 0.136. The zero-order valence-electron chi connectivity index (χ0n) is 14.5. The molecule has 3 rings (SSSR count). The Bertz CT molecular complexity index is 330. The fourth-order valence-electron chi connectivity index (χ4n) is 5.79. The van der Waals surface area contributed by atoms with Crippen LogP contribution in [0.2, 0.25) is 0 Å². The summed E-state index contributed by atoms with van der Waals surface area (Å²) in [6.07, 6.45) is 11.8. The number of rotatable bonds is 6. The van der Waals surface area contributed by atoms with E-state index in [2.05, 4.69) is 31.2 Å². The highest BCUT2D eigenvalue weighted by molar-refractivity contribution is 4.92. The van der Waals surface area contributed by atoms with Crippen LogP contribution >= 0.6 is 0 Å². The lowest BCUT2D eigenvalue weighted by atomic mass is 9.76. The third-order valence-electron chi connectivity index (χ3n) is 7.02. The van der Waals surface area contributed by atoms with E-state index in [1.165, 1.54) is 58.0 Å². The van der Waals surface area contributed by atoms with Crippen molar-refractivity contribution in [1.29, 1.82) is 0 Å². The largest absolute Gasteiger partial charge is 0.317 e. The van der Waals surface area contributed by atoms with Crippen LogP contribution in [0.5, 0.6) is 0 Å². The Balaban J connectivity index is 1.49. The van der Waals surface area contributed by atoms with Crippen molar-refractivity contribution in [2.45, 2.75) is 64.3 Å². The lowest BCUT2D eigenvalue weighted by Gasteiger charge is -2.39. The molecule has 3 fully saturated rings. The van der Waals surface area contributed by atoms with Gasteiger partial charge >= 0.3 is 0 Å². The summed E-state index contributed by atoms with van der Waals surface area (Å²) in [7, 11) is 4.55. The quantitative estimate of drug-likeness (QED) is 0.801. The topological polar surface area (TPSA) is 15.3 Å². The summed E-state index contributed by atoms with van der Waals surface area (Å²) in [6, 6.07) is 0.760. The van der Waals surface area contributed by atoms with Crippen molar-refractivity contribution in [2.75, 3.05) is 27.2 Å². The van der Waals surface area contributed by atoms with E-state index in [-0.39, 0.29) is 0 Å². The zero-order chi connectivity index (χ0) is 14.8. The molecule has 1 N–H and O–H groups in total. The van der Waals surface area contributed by atoms with Gasteiger partial charge in [0.15, 0.2) is 0 Å². The molecule has 3 aliphatic rings. The summed E-state index contributed by atoms with van der Waals surface area (Å²) in [5.41, 5.74) is 0. The van der Waals surface area contributed by atoms with E-state index in [9.17, 15) is 0 Å². The third kappa shape index (κ3) is 3.64. The van der Waals surface area contributed by atoms with E-state index >= 15 is 0 Å². The molecular formula is C19H36N2. The highest BCUT2D eigenvalue weighted by atomic mass is 15.1. The lowest BCUT2D eigenvalue weighted by Crippen LogP contribution is -2.44. The zero-order valence-corrected chi connectivity index (χ0v) is 14.5. The minimum Gasteiger partial charge on any atom is -0.317 e. The van der Waals surface area contributed by atoms with Crippen LogP contribution in [-0.2, 0) is 0 Å². The number of nitrogens with one attached hydrogen (secondary N) is 1. The third-order valence-corrected chi connectivity index (χ3v) is 7.02. The molecule has 0 aromatic carbocycles. The van der Waals surface area contributed by atoms with E-state index in [1.54, 1.807) is 6.42 Å². The molecule has 3 aliphatic carbocycles. The summed E-state index contributed by atoms with van der Waals surface area (Å²) in [4.78, 5) is 2.68. The van der Waals surface area contributed by atoms with Crippen molar-refractivity contribution < 1.29 is 0 Å². The first-order valence-corrected chi connectivity index (χ1v) is 9.55. The first-order valence-electron chi connectivity index (χ1n) is 9.55. The molecule has 2 nitrogen and oxygen atoms in total. The van der Waals surface area contributed by atoms with E-state index in [1.807, 2.05) is 0 Å². The minimum atomic E-state index is 0.760. The van der Waals surface area contributed by atoms with Gasteiger partial charge in [-0.2, -0.15) is 0 Å². The Hall–Kier alpha value is -0.0800. The van der Waals surface area contributed by atoms with Crippen molar-refractivity contribution in [3.63, 3.8) is 0 Å². The number of nitrogens with zero attached hydrogens (tertiary/aromatic N) is 1. The van der Waals surface area contributed by atoms with Crippen LogP contribution in [0, 0.1) is 29.6 Å². The Morgan fingerprint density at radius 1 is 0.952 bits per heavy atom. The molecule has 0 aliphatic heterocycles. The van der Waals surface area contributed by atoms with Crippen LogP contribution in [0.3, 0.4) is 0 Å². The van der Waals surface area contributed by atoms with Crippen molar-refractivity contribution in [1.82, 2.24) is 10.2 Å². The summed E-state index contributed by atoms with van der Waals surface area (Å²) in [5, 5.41) is 3.60. The molecule has 6 atom stereocenters. The predicted octanol–water partition coefficient (Wildman–Crippen LogP) is 3.77. The van der Waals surface area contributed by atoms with Gasteiger partial charge in [0.2, 0.25) is 0 Å². The molecule has 122 valence electrons. The Kier molecular flexibility index (Phi) is 5.27. The van der Waals surface area contributed by atoms with Gasteiger partial charge in [0.05, 0.1) is 0 Å². The van der Waals surface area contributed by atoms with E-state index in [4.69, 9.17) is 0 Å². The fourth-order valence-corrected chi connectivity index (χ4v) is 5.79.